The van der Waals surface area contributed by atoms with E-state index < -0.39 is 6.10 Å². The fraction of sp³-hybridized carbons (Fsp3) is 0.333. The minimum absolute atomic E-state index is 0.126. The van der Waals surface area contributed by atoms with Crippen LogP contribution in [0.5, 0.6) is 5.75 Å². The summed E-state index contributed by atoms with van der Waals surface area (Å²) in [6.07, 6.45) is 6.18. The lowest BCUT2D eigenvalue weighted by molar-refractivity contribution is 0.163. The number of aromatic nitrogens is 2. The van der Waals surface area contributed by atoms with E-state index in [0.29, 0.717) is 13.2 Å². The van der Waals surface area contributed by atoms with Gasteiger partial charge in [-0.3, -0.25) is 9.97 Å². The van der Waals surface area contributed by atoms with E-state index in [1.54, 1.807) is 24.8 Å². The molecule has 2 rings (SSSR count). The van der Waals surface area contributed by atoms with Crippen LogP contribution >= 0.6 is 0 Å². The molecule has 5 nitrogen and oxygen atoms in total. The predicted octanol–water partition coefficient (Wildman–Crippen LogP) is 1.57. The van der Waals surface area contributed by atoms with Crippen LogP contribution in [0.1, 0.15) is 18.6 Å². The summed E-state index contributed by atoms with van der Waals surface area (Å²) in [4.78, 5) is 7.97. The Morgan fingerprint density at radius 1 is 1.20 bits per heavy atom. The zero-order valence-corrected chi connectivity index (χ0v) is 11.4. The minimum atomic E-state index is -0.565. The molecule has 0 aliphatic carbocycles. The van der Waals surface area contributed by atoms with Crippen LogP contribution in [0.3, 0.4) is 0 Å². The summed E-state index contributed by atoms with van der Waals surface area (Å²) in [5.74, 6) is 0.744. The third kappa shape index (κ3) is 4.60. The van der Waals surface area contributed by atoms with Crippen LogP contribution in [-0.4, -0.2) is 34.3 Å². The molecule has 0 aliphatic rings. The van der Waals surface area contributed by atoms with Crippen LogP contribution in [0.4, 0.5) is 0 Å². The molecular weight excluding hydrogens is 254 g/mol. The van der Waals surface area contributed by atoms with Crippen molar-refractivity contribution in [2.45, 2.75) is 19.1 Å². The fourth-order valence-electron chi connectivity index (χ4n) is 1.72. The van der Waals surface area contributed by atoms with Gasteiger partial charge in [-0.25, -0.2) is 0 Å². The molecule has 2 unspecified atom stereocenters. The summed E-state index contributed by atoms with van der Waals surface area (Å²) in [5.41, 5.74) is 0.806. The van der Waals surface area contributed by atoms with Crippen LogP contribution in [-0.2, 0) is 0 Å². The van der Waals surface area contributed by atoms with Gasteiger partial charge >= 0.3 is 0 Å². The van der Waals surface area contributed by atoms with E-state index in [4.69, 9.17) is 4.74 Å². The van der Waals surface area contributed by atoms with Gasteiger partial charge in [-0.15, -0.1) is 0 Å². The lowest BCUT2D eigenvalue weighted by Crippen LogP contribution is -2.34. The maximum atomic E-state index is 10.0. The summed E-state index contributed by atoms with van der Waals surface area (Å²) in [6, 6.07) is 7.49. The fourth-order valence-corrected chi connectivity index (χ4v) is 1.72. The second-order valence-corrected chi connectivity index (χ2v) is 4.61. The zero-order valence-electron chi connectivity index (χ0n) is 11.4. The van der Waals surface area contributed by atoms with Gasteiger partial charge in [-0.05, 0) is 25.1 Å². The number of pyridine rings is 2. The molecule has 106 valence electrons. The highest BCUT2D eigenvalue weighted by molar-refractivity contribution is 5.15. The van der Waals surface area contributed by atoms with Gasteiger partial charge in [0.25, 0.3) is 0 Å². The van der Waals surface area contributed by atoms with E-state index >= 15 is 0 Å². The third-order valence-electron chi connectivity index (χ3n) is 2.86. The molecule has 0 amide bonds. The molecule has 5 heteroatoms. The first-order valence-corrected chi connectivity index (χ1v) is 6.60. The van der Waals surface area contributed by atoms with Crippen LogP contribution in [0.25, 0.3) is 0 Å². The molecule has 0 saturated heterocycles. The third-order valence-corrected chi connectivity index (χ3v) is 2.86. The van der Waals surface area contributed by atoms with Crippen molar-refractivity contribution in [3.05, 3.63) is 54.6 Å². The lowest BCUT2D eigenvalue weighted by Gasteiger charge is -2.17. The van der Waals surface area contributed by atoms with Gasteiger partial charge in [0.05, 0.1) is 12.3 Å². The van der Waals surface area contributed by atoms with Gasteiger partial charge < -0.3 is 15.2 Å². The maximum Gasteiger partial charge on any atom is 0.137 e. The summed E-state index contributed by atoms with van der Waals surface area (Å²) >= 11 is 0. The highest BCUT2D eigenvalue weighted by Crippen LogP contribution is 2.10. The Labute approximate surface area is 118 Å². The minimum Gasteiger partial charge on any atom is -0.490 e. The zero-order chi connectivity index (χ0) is 14.2. The predicted molar refractivity (Wildman–Crippen MR) is 76.4 cm³/mol. The number of nitrogens with one attached hydrogen (secondary N) is 1. The van der Waals surface area contributed by atoms with E-state index in [-0.39, 0.29) is 6.04 Å². The molecule has 0 spiro atoms. The van der Waals surface area contributed by atoms with Crippen molar-refractivity contribution in [1.29, 1.82) is 0 Å². The average molecular weight is 273 g/mol. The standard InChI is InChI=1S/C15H19N3O2/c1-12(11-20-14-5-3-7-17-9-14)18-10-15(19)13-4-2-6-16-8-13/h2-9,12,15,18-19H,10-11H2,1H3. The smallest absolute Gasteiger partial charge is 0.137 e. The van der Waals surface area contributed by atoms with Crippen molar-refractivity contribution >= 4 is 0 Å². The van der Waals surface area contributed by atoms with Gasteiger partial charge in [0, 0.05) is 36.7 Å². The van der Waals surface area contributed by atoms with Gasteiger partial charge in [0.15, 0.2) is 0 Å². The number of hydrogen-bond acceptors (Lipinski definition) is 5. The Kier molecular flexibility index (Phi) is 5.46. The first-order valence-electron chi connectivity index (χ1n) is 6.60. The molecule has 2 heterocycles. The normalized spacial score (nSPS) is 13.7. The van der Waals surface area contributed by atoms with E-state index in [1.807, 2.05) is 31.2 Å². The number of nitrogens with zero attached hydrogens (tertiary/aromatic N) is 2. The number of aliphatic hydroxyl groups excluding tert-OH is 1. The molecule has 0 aliphatic heterocycles. The largest absolute Gasteiger partial charge is 0.490 e. The molecule has 0 fully saturated rings. The number of aliphatic hydroxyl groups is 1. The Hall–Kier alpha value is -1.98. The first kappa shape index (κ1) is 14.4. The summed E-state index contributed by atoms with van der Waals surface area (Å²) < 4.78 is 5.59. The number of rotatable bonds is 7. The topological polar surface area (TPSA) is 67.3 Å². The summed E-state index contributed by atoms with van der Waals surface area (Å²) in [5, 5.41) is 13.2. The monoisotopic (exact) mass is 273 g/mol. The highest BCUT2D eigenvalue weighted by Gasteiger charge is 2.09. The van der Waals surface area contributed by atoms with Crippen molar-refractivity contribution in [3.63, 3.8) is 0 Å². The lowest BCUT2D eigenvalue weighted by atomic mass is 10.1. The molecule has 0 radical (unpaired) electrons. The molecule has 2 atom stereocenters. The molecule has 0 saturated carbocycles. The summed E-state index contributed by atoms with van der Waals surface area (Å²) in [6.45, 7) is 2.99. The summed E-state index contributed by atoms with van der Waals surface area (Å²) in [7, 11) is 0. The van der Waals surface area contributed by atoms with Crippen molar-refractivity contribution in [2.75, 3.05) is 13.2 Å². The molecule has 2 aromatic heterocycles. The van der Waals surface area contributed by atoms with Gasteiger partial charge in [0.1, 0.15) is 12.4 Å². The van der Waals surface area contributed by atoms with Gasteiger partial charge in [-0.1, -0.05) is 6.07 Å². The van der Waals surface area contributed by atoms with Gasteiger partial charge in [0.2, 0.25) is 0 Å². The Morgan fingerprint density at radius 2 is 1.95 bits per heavy atom. The van der Waals surface area contributed by atoms with E-state index in [9.17, 15) is 5.11 Å². The van der Waals surface area contributed by atoms with Gasteiger partial charge in [-0.2, -0.15) is 0 Å². The Bertz CT molecular complexity index is 493. The van der Waals surface area contributed by atoms with E-state index in [2.05, 4.69) is 15.3 Å². The van der Waals surface area contributed by atoms with Crippen LogP contribution in [0.15, 0.2) is 49.1 Å². The van der Waals surface area contributed by atoms with Crippen molar-refractivity contribution in [1.82, 2.24) is 15.3 Å². The quantitative estimate of drug-likeness (QED) is 0.801. The van der Waals surface area contributed by atoms with Crippen LogP contribution < -0.4 is 10.1 Å². The SMILES string of the molecule is CC(COc1cccnc1)NCC(O)c1cccnc1. The second-order valence-electron chi connectivity index (χ2n) is 4.61. The van der Waals surface area contributed by atoms with E-state index in [1.165, 1.54) is 0 Å². The molecule has 0 aromatic carbocycles. The molecule has 2 N–H and O–H groups in total. The van der Waals surface area contributed by atoms with Crippen LogP contribution in [0.2, 0.25) is 0 Å². The molecule has 20 heavy (non-hydrogen) atoms. The number of hydrogen-bond donors (Lipinski definition) is 2. The van der Waals surface area contributed by atoms with E-state index in [0.717, 1.165) is 11.3 Å². The van der Waals surface area contributed by atoms with Crippen LogP contribution in [0, 0.1) is 0 Å². The Morgan fingerprint density at radius 3 is 2.60 bits per heavy atom. The molecular formula is C15H19N3O2. The highest BCUT2D eigenvalue weighted by atomic mass is 16.5. The maximum absolute atomic E-state index is 10.0. The Balaban J connectivity index is 1.71. The van der Waals surface area contributed by atoms with Crippen molar-refractivity contribution in [3.8, 4) is 5.75 Å². The van der Waals surface area contributed by atoms with Crippen molar-refractivity contribution in [2.24, 2.45) is 0 Å². The second kappa shape index (κ2) is 7.57. The average Bonchev–Trinajstić information content (AvgIpc) is 2.52. The molecule has 2 aromatic rings. The number of ether oxygens (including phenoxy) is 1. The van der Waals surface area contributed by atoms with Crippen molar-refractivity contribution < 1.29 is 9.84 Å². The first-order chi connectivity index (χ1) is 9.75. The molecule has 0 bridgehead atoms.